The zero-order chi connectivity index (χ0) is 22.7. The van der Waals surface area contributed by atoms with Crippen LogP contribution >= 0.6 is 0 Å². The number of rotatable bonds is 5. The van der Waals surface area contributed by atoms with E-state index in [-0.39, 0.29) is 12.6 Å². The standard InChI is InChI=1S/C24H23F2N5O/c1-2-9-28-24(32)30-10-8-22-20(15-30)23(17-5-3-4-16(11-17)13-27)29-31(22)14-18-6-7-19(25)12-21(18)26/h3-7,11-12H,2,8-10,14-15H2,1H3,(H,28,32). The molecule has 1 aromatic heterocycles. The lowest BCUT2D eigenvalue weighted by molar-refractivity contribution is 0.192. The second kappa shape index (κ2) is 9.18. The van der Waals surface area contributed by atoms with Crippen molar-refractivity contribution >= 4 is 6.03 Å². The fourth-order valence-electron chi connectivity index (χ4n) is 3.92. The minimum absolute atomic E-state index is 0.133. The van der Waals surface area contributed by atoms with Gasteiger partial charge in [0.25, 0.3) is 0 Å². The summed E-state index contributed by atoms with van der Waals surface area (Å²) >= 11 is 0. The average molecular weight is 435 g/mol. The molecule has 0 atom stereocenters. The van der Waals surface area contributed by atoms with E-state index in [0.717, 1.165) is 29.3 Å². The van der Waals surface area contributed by atoms with E-state index in [4.69, 9.17) is 5.10 Å². The molecule has 8 heteroatoms. The molecule has 2 heterocycles. The molecule has 2 amide bonds. The van der Waals surface area contributed by atoms with Gasteiger partial charge in [-0.3, -0.25) is 4.68 Å². The lowest BCUT2D eigenvalue weighted by atomic mass is 10.00. The van der Waals surface area contributed by atoms with Crippen LogP contribution in [0.2, 0.25) is 0 Å². The molecular formula is C24H23F2N5O. The van der Waals surface area contributed by atoms with Gasteiger partial charge in [0.05, 0.1) is 30.4 Å². The van der Waals surface area contributed by atoms with Gasteiger partial charge < -0.3 is 10.2 Å². The van der Waals surface area contributed by atoms with Crippen LogP contribution in [0.25, 0.3) is 11.3 Å². The van der Waals surface area contributed by atoms with Crippen LogP contribution in [-0.2, 0) is 19.5 Å². The van der Waals surface area contributed by atoms with Crippen molar-refractivity contribution in [3.8, 4) is 17.3 Å². The van der Waals surface area contributed by atoms with Gasteiger partial charge >= 0.3 is 6.03 Å². The van der Waals surface area contributed by atoms with Gasteiger partial charge in [0.15, 0.2) is 0 Å². The smallest absolute Gasteiger partial charge is 0.317 e. The van der Waals surface area contributed by atoms with E-state index in [1.807, 2.05) is 13.0 Å². The number of carbonyl (C=O) groups is 1. The highest BCUT2D eigenvalue weighted by Gasteiger charge is 2.28. The van der Waals surface area contributed by atoms with E-state index in [9.17, 15) is 18.8 Å². The number of hydrogen-bond acceptors (Lipinski definition) is 3. The average Bonchev–Trinajstić information content (AvgIpc) is 3.17. The largest absolute Gasteiger partial charge is 0.338 e. The Bertz CT molecular complexity index is 1200. The van der Waals surface area contributed by atoms with Crippen molar-refractivity contribution in [2.75, 3.05) is 13.1 Å². The van der Waals surface area contributed by atoms with Gasteiger partial charge in [-0.25, -0.2) is 13.6 Å². The first-order valence-electron chi connectivity index (χ1n) is 10.6. The van der Waals surface area contributed by atoms with Crippen molar-refractivity contribution in [2.45, 2.75) is 32.9 Å². The molecule has 0 spiro atoms. The van der Waals surface area contributed by atoms with Gasteiger partial charge in [0.1, 0.15) is 11.6 Å². The van der Waals surface area contributed by atoms with Crippen LogP contribution in [0.15, 0.2) is 42.5 Å². The second-order valence-electron chi connectivity index (χ2n) is 7.76. The summed E-state index contributed by atoms with van der Waals surface area (Å²) < 4.78 is 29.4. The molecule has 2 aromatic carbocycles. The SMILES string of the molecule is CCCNC(=O)N1CCc2c(c(-c3cccc(C#N)c3)nn2Cc2ccc(F)cc2F)C1. The number of nitrogens with one attached hydrogen (secondary N) is 1. The van der Waals surface area contributed by atoms with Gasteiger partial charge in [-0.05, 0) is 24.6 Å². The Morgan fingerprint density at radius 1 is 1.25 bits per heavy atom. The summed E-state index contributed by atoms with van der Waals surface area (Å²) in [5, 5.41) is 16.9. The summed E-state index contributed by atoms with van der Waals surface area (Å²) in [5.41, 5.74) is 4.04. The number of urea groups is 1. The fourth-order valence-corrected chi connectivity index (χ4v) is 3.92. The van der Waals surface area contributed by atoms with Crippen molar-refractivity contribution in [1.29, 1.82) is 5.26 Å². The first-order chi connectivity index (χ1) is 15.5. The maximum absolute atomic E-state index is 14.3. The van der Waals surface area contributed by atoms with Crippen LogP contribution in [0.4, 0.5) is 13.6 Å². The normalized spacial score (nSPS) is 12.9. The first kappa shape index (κ1) is 21.5. The molecule has 1 aliphatic rings. The zero-order valence-corrected chi connectivity index (χ0v) is 17.7. The summed E-state index contributed by atoms with van der Waals surface area (Å²) in [6, 6.07) is 12.6. The molecule has 32 heavy (non-hydrogen) atoms. The third kappa shape index (κ3) is 4.33. The number of hydrogen-bond donors (Lipinski definition) is 1. The molecule has 0 saturated heterocycles. The molecule has 4 rings (SSSR count). The minimum Gasteiger partial charge on any atom is -0.338 e. The van der Waals surface area contributed by atoms with Crippen LogP contribution in [0.5, 0.6) is 0 Å². The zero-order valence-electron chi connectivity index (χ0n) is 17.7. The quantitative estimate of drug-likeness (QED) is 0.652. The van der Waals surface area contributed by atoms with Gasteiger partial charge in [-0.1, -0.05) is 25.1 Å². The number of amides is 2. The Kier molecular flexibility index (Phi) is 6.17. The van der Waals surface area contributed by atoms with Gasteiger partial charge in [-0.2, -0.15) is 10.4 Å². The van der Waals surface area contributed by atoms with Gasteiger partial charge in [-0.15, -0.1) is 0 Å². The van der Waals surface area contributed by atoms with Crippen molar-refractivity contribution in [3.63, 3.8) is 0 Å². The fraction of sp³-hybridized carbons (Fsp3) is 0.292. The van der Waals surface area contributed by atoms with E-state index in [0.29, 0.717) is 42.9 Å². The Labute approximate surface area is 185 Å². The summed E-state index contributed by atoms with van der Waals surface area (Å²) in [7, 11) is 0. The molecule has 0 unspecified atom stereocenters. The third-order valence-corrected chi connectivity index (χ3v) is 5.55. The summed E-state index contributed by atoms with van der Waals surface area (Å²) in [6.07, 6.45) is 1.40. The second-order valence-corrected chi connectivity index (χ2v) is 7.76. The number of benzene rings is 2. The minimum atomic E-state index is -0.628. The molecule has 164 valence electrons. The van der Waals surface area contributed by atoms with E-state index in [2.05, 4.69) is 11.4 Å². The van der Waals surface area contributed by atoms with Crippen LogP contribution in [-0.4, -0.2) is 33.8 Å². The molecule has 0 bridgehead atoms. The molecule has 0 radical (unpaired) electrons. The Hall–Kier alpha value is -3.73. The third-order valence-electron chi connectivity index (χ3n) is 5.55. The van der Waals surface area contributed by atoms with Crippen LogP contribution in [0.3, 0.4) is 0 Å². The van der Waals surface area contributed by atoms with Crippen LogP contribution in [0.1, 0.15) is 35.7 Å². The summed E-state index contributed by atoms with van der Waals surface area (Å²) in [6.45, 7) is 3.62. The maximum atomic E-state index is 14.3. The molecule has 0 saturated carbocycles. The number of nitriles is 1. The maximum Gasteiger partial charge on any atom is 0.317 e. The Morgan fingerprint density at radius 2 is 2.09 bits per heavy atom. The van der Waals surface area contributed by atoms with E-state index in [1.54, 1.807) is 27.8 Å². The number of nitrogens with zero attached hydrogens (tertiary/aromatic N) is 4. The van der Waals surface area contributed by atoms with E-state index < -0.39 is 11.6 Å². The molecule has 0 aliphatic carbocycles. The molecule has 1 aliphatic heterocycles. The molecule has 6 nitrogen and oxygen atoms in total. The number of aromatic nitrogens is 2. The topological polar surface area (TPSA) is 74.0 Å². The predicted molar refractivity (Wildman–Crippen MR) is 116 cm³/mol. The van der Waals surface area contributed by atoms with Crippen LogP contribution < -0.4 is 5.32 Å². The number of fused-ring (bicyclic) bond motifs is 1. The monoisotopic (exact) mass is 435 g/mol. The molecular weight excluding hydrogens is 412 g/mol. The highest BCUT2D eigenvalue weighted by atomic mass is 19.1. The van der Waals surface area contributed by atoms with Crippen molar-refractivity contribution in [2.24, 2.45) is 0 Å². The van der Waals surface area contributed by atoms with E-state index >= 15 is 0 Å². The lowest BCUT2D eigenvalue weighted by Gasteiger charge is -2.28. The van der Waals surface area contributed by atoms with Crippen LogP contribution in [0, 0.1) is 23.0 Å². The van der Waals surface area contributed by atoms with E-state index in [1.165, 1.54) is 12.1 Å². The molecule has 0 fully saturated rings. The summed E-state index contributed by atoms with van der Waals surface area (Å²) in [4.78, 5) is 14.3. The number of halogens is 2. The highest BCUT2D eigenvalue weighted by molar-refractivity contribution is 5.75. The van der Waals surface area contributed by atoms with Crippen molar-refractivity contribution < 1.29 is 13.6 Å². The lowest BCUT2D eigenvalue weighted by Crippen LogP contribution is -2.43. The first-order valence-corrected chi connectivity index (χ1v) is 10.6. The highest BCUT2D eigenvalue weighted by Crippen LogP contribution is 2.31. The summed E-state index contributed by atoms with van der Waals surface area (Å²) in [5.74, 6) is -1.25. The van der Waals surface area contributed by atoms with Gasteiger partial charge in [0, 0.05) is 48.0 Å². The molecule has 1 N–H and O–H groups in total. The Balaban J connectivity index is 1.74. The van der Waals surface area contributed by atoms with Crippen molar-refractivity contribution in [1.82, 2.24) is 20.0 Å². The van der Waals surface area contributed by atoms with Crippen molar-refractivity contribution in [3.05, 3.63) is 76.5 Å². The Morgan fingerprint density at radius 3 is 2.84 bits per heavy atom. The predicted octanol–water partition coefficient (Wildman–Crippen LogP) is 4.23. The molecule has 3 aromatic rings. The number of carbonyl (C=O) groups excluding carboxylic acids is 1. The van der Waals surface area contributed by atoms with Gasteiger partial charge in [0.2, 0.25) is 0 Å².